The van der Waals surface area contributed by atoms with Crippen molar-refractivity contribution >= 4 is 23.3 Å². The van der Waals surface area contributed by atoms with Gasteiger partial charge in [0.2, 0.25) is 5.91 Å². The van der Waals surface area contributed by atoms with Gasteiger partial charge < -0.3 is 15.2 Å². The van der Waals surface area contributed by atoms with Crippen molar-refractivity contribution < 1.29 is 14.6 Å². The molecule has 5 heteroatoms. The number of amides is 1. The van der Waals surface area contributed by atoms with Gasteiger partial charge in [-0.3, -0.25) is 4.79 Å². The minimum Gasteiger partial charge on any atom is -0.394 e. The number of rotatable bonds is 4. The van der Waals surface area contributed by atoms with Gasteiger partial charge in [-0.2, -0.15) is 0 Å². The van der Waals surface area contributed by atoms with Crippen molar-refractivity contribution in [2.45, 2.75) is 25.3 Å². The lowest BCUT2D eigenvalue weighted by molar-refractivity contribution is -0.120. The van der Waals surface area contributed by atoms with E-state index in [-0.39, 0.29) is 12.5 Å². The van der Waals surface area contributed by atoms with Crippen molar-refractivity contribution in [1.82, 2.24) is 5.32 Å². The van der Waals surface area contributed by atoms with Crippen molar-refractivity contribution in [1.29, 1.82) is 0 Å². The van der Waals surface area contributed by atoms with Gasteiger partial charge in [-0.25, -0.2) is 0 Å². The smallest absolute Gasteiger partial charge is 0.244 e. The summed E-state index contributed by atoms with van der Waals surface area (Å²) in [5.74, 6) is -0.165. The average molecular weight is 281 g/mol. The van der Waals surface area contributed by atoms with E-state index in [1.165, 1.54) is 11.0 Å². The average Bonchev–Trinajstić information content (AvgIpc) is 2.83. The second kappa shape index (κ2) is 6.32. The SMILES string of the molecule is Cc1ccc(/C=C/C(=O)NC2(CO)CCOCC2)s1. The molecule has 0 bridgehead atoms. The Morgan fingerprint density at radius 2 is 2.26 bits per heavy atom. The zero-order valence-corrected chi connectivity index (χ0v) is 11.8. The van der Waals surface area contributed by atoms with Crippen molar-refractivity contribution in [3.63, 3.8) is 0 Å². The first kappa shape index (κ1) is 14.2. The molecular formula is C14H19NO3S. The molecule has 0 spiro atoms. The highest BCUT2D eigenvalue weighted by Crippen LogP contribution is 2.20. The molecule has 0 aromatic carbocycles. The van der Waals surface area contributed by atoms with Gasteiger partial charge in [0, 0.05) is 29.0 Å². The molecule has 0 atom stereocenters. The van der Waals surface area contributed by atoms with E-state index < -0.39 is 5.54 Å². The van der Waals surface area contributed by atoms with Crippen LogP contribution in [0.5, 0.6) is 0 Å². The van der Waals surface area contributed by atoms with Gasteiger partial charge in [-0.05, 0) is 38.0 Å². The number of ether oxygens (including phenoxy) is 1. The van der Waals surface area contributed by atoms with Crippen LogP contribution in [0.25, 0.3) is 6.08 Å². The van der Waals surface area contributed by atoms with Crippen LogP contribution < -0.4 is 5.32 Å². The van der Waals surface area contributed by atoms with Crippen molar-refractivity contribution in [2.24, 2.45) is 0 Å². The Morgan fingerprint density at radius 3 is 2.84 bits per heavy atom. The van der Waals surface area contributed by atoms with Crippen LogP contribution >= 0.6 is 11.3 Å². The molecule has 0 radical (unpaired) electrons. The zero-order chi connectivity index (χ0) is 13.7. The lowest BCUT2D eigenvalue weighted by Gasteiger charge is -2.35. The lowest BCUT2D eigenvalue weighted by atomic mass is 9.91. The van der Waals surface area contributed by atoms with Gasteiger partial charge in [0.1, 0.15) is 0 Å². The fraction of sp³-hybridized carbons (Fsp3) is 0.500. The molecule has 1 aliphatic rings. The first-order valence-electron chi connectivity index (χ1n) is 6.39. The topological polar surface area (TPSA) is 58.6 Å². The van der Waals surface area contributed by atoms with E-state index in [0.717, 1.165) is 4.88 Å². The summed E-state index contributed by atoms with van der Waals surface area (Å²) in [6.45, 7) is 3.14. The fourth-order valence-electron chi connectivity index (χ4n) is 2.09. The van der Waals surface area contributed by atoms with Crippen molar-refractivity contribution in [3.8, 4) is 0 Å². The molecule has 1 aromatic rings. The Balaban J connectivity index is 1.94. The largest absolute Gasteiger partial charge is 0.394 e. The number of nitrogens with one attached hydrogen (secondary N) is 1. The van der Waals surface area contributed by atoms with E-state index >= 15 is 0 Å². The van der Waals surface area contributed by atoms with Crippen LogP contribution in [-0.2, 0) is 9.53 Å². The Hall–Kier alpha value is -1.17. The van der Waals surface area contributed by atoms with Crippen LogP contribution in [-0.4, -0.2) is 36.4 Å². The number of thiophene rings is 1. The van der Waals surface area contributed by atoms with E-state index in [9.17, 15) is 9.90 Å². The summed E-state index contributed by atoms with van der Waals surface area (Å²) in [6, 6.07) is 4.01. The molecular weight excluding hydrogens is 262 g/mol. The summed E-state index contributed by atoms with van der Waals surface area (Å²) in [5.41, 5.74) is -0.523. The third kappa shape index (κ3) is 3.89. The summed E-state index contributed by atoms with van der Waals surface area (Å²) in [6.07, 6.45) is 4.64. The van der Waals surface area contributed by atoms with E-state index in [2.05, 4.69) is 5.32 Å². The summed E-state index contributed by atoms with van der Waals surface area (Å²) in [7, 11) is 0. The normalized spacial score (nSPS) is 18.6. The van der Waals surface area contributed by atoms with E-state index in [1.807, 2.05) is 19.1 Å². The molecule has 0 aliphatic carbocycles. The quantitative estimate of drug-likeness (QED) is 0.826. The van der Waals surface area contributed by atoms with Crippen LogP contribution in [0.15, 0.2) is 18.2 Å². The van der Waals surface area contributed by atoms with Gasteiger partial charge in [-0.1, -0.05) is 0 Å². The highest BCUT2D eigenvalue weighted by Gasteiger charge is 2.32. The molecule has 0 unspecified atom stereocenters. The molecule has 104 valence electrons. The van der Waals surface area contributed by atoms with Gasteiger partial charge in [0.25, 0.3) is 0 Å². The van der Waals surface area contributed by atoms with Gasteiger partial charge in [0.05, 0.1) is 12.1 Å². The molecule has 2 heterocycles. The van der Waals surface area contributed by atoms with Gasteiger partial charge >= 0.3 is 0 Å². The third-order valence-electron chi connectivity index (χ3n) is 3.30. The molecule has 4 nitrogen and oxygen atoms in total. The highest BCUT2D eigenvalue weighted by atomic mass is 32.1. The number of carbonyl (C=O) groups excluding carboxylic acids is 1. The van der Waals surface area contributed by atoms with E-state index in [1.54, 1.807) is 17.4 Å². The lowest BCUT2D eigenvalue weighted by Crippen LogP contribution is -2.54. The summed E-state index contributed by atoms with van der Waals surface area (Å²) in [5, 5.41) is 12.4. The molecule has 1 amide bonds. The predicted molar refractivity (Wildman–Crippen MR) is 76.1 cm³/mol. The predicted octanol–water partition coefficient (Wildman–Crippen LogP) is 1.73. The summed E-state index contributed by atoms with van der Waals surface area (Å²) in [4.78, 5) is 14.2. The molecule has 1 saturated heterocycles. The Morgan fingerprint density at radius 1 is 1.53 bits per heavy atom. The number of carbonyl (C=O) groups is 1. The van der Waals surface area contributed by atoms with Crippen LogP contribution in [0.3, 0.4) is 0 Å². The Bertz CT molecular complexity index is 461. The molecule has 1 aliphatic heterocycles. The second-order valence-electron chi connectivity index (χ2n) is 4.82. The molecule has 2 rings (SSSR count). The van der Waals surface area contributed by atoms with Crippen LogP contribution in [0.1, 0.15) is 22.6 Å². The minimum absolute atomic E-state index is 0.0476. The third-order valence-corrected chi connectivity index (χ3v) is 4.27. The zero-order valence-electron chi connectivity index (χ0n) is 11.0. The van der Waals surface area contributed by atoms with E-state index in [4.69, 9.17) is 4.74 Å². The molecule has 1 aromatic heterocycles. The van der Waals surface area contributed by atoms with Crippen molar-refractivity contribution in [3.05, 3.63) is 28.0 Å². The second-order valence-corrected chi connectivity index (χ2v) is 6.14. The standard InChI is InChI=1S/C14H19NO3S/c1-11-2-3-12(19-11)4-5-13(17)15-14(10-16)6-8-18-9-7-14/h2-5,16H,6-10H2,1H3,(H,15,17)/b5-4+. The molecule has 2 N–H and O–H groups in total. The number of aliphatic hydroxyl groups excluding tert-OH is 1. The first-order chi connectivity index (χ1) is 9.13. The maximum atomic E-state index is 11.9. The maximum absolute atomic E-state index is 11.9. The summed E-state index contributed by atoms with van der Waals surface area (Å²) >= 11 is 1.64. The number of aliphatic hydroxyl groups is 1. The van der Waals surface area contributed by atoms with Gasteiger partial charge in [-0.15, -0.1) is 11.3 Å². The number of hydrogen-bond donors (Lipinski definition) is 2. The molecule has 1 fully saturated rings. The monoisotopic (exact) mass is 281 g/mol. The number of hydrogen-bond acceptors (Lipinski definition) is 4. The summed E-state index contributed by atoms with van der Waals surface area (Å²) < 4.78 is 5.26. The van der Waals surface area contributed by atoms with Crippen LogP contribution in [0.2, 0.25) is 0 Å². The first-order valence-corrected chi connectivity index (χ1v) is 7.20. The number of aryl methyl sites for hydroxylation is 1. The fourth-order valence-corrected chi connectivity index (χ4v) is 2.87. The Labute approximate surface area is 117 Å². The van der Waals surface area contributed by atoms with E-state index in [0.29, 0.717) is 26.1 Å². The Kier molecular flexibility index (Phi) is 4.74. The minimum atomic E-state index is -0.523. The molecule has 0 saturated carbocycles. The van der Waals surface area contributed by atoms with Crippen LogP contribution in [0, 0.1) is 6.92 Å². The maximum Gasteiger partial charge on any atom is 0.244 e. The molecule has 19 heavy (non-hydrogen) atoms. The van der Waals surface area contributed by atoms with Crippen LogP contribution in [0.4, 0.5) is 0 Å². The highest BCUT2D eigenvalue weighted by molar-refractivity contribution is 7.12. The van der Waals surface area contributed by atoms with Gasteiger partial charge in [0.15, 0.2) is 0 Å². The van der Waals surface area contributed by atoms with Crippen molar-refractivity contribution in [2.75, 3.05) is 19.8 Å².